The van der Waals surface area contributed by atoms with Crippen molar-refractivity contribution in [2.24, 2.45) is 0 Å². The molecule has 0 spiro atoms. The first-order valence-corrected chi connectivity index (χ1v) is 11.5. The Morgan fingerprint density at radius 1 is 1.00 bits per heavy atom. The Morgan fingerprint density at radius 3 is 2.58 bits per heavy atom. The lowest BCUT2D eigenvalue weighted by Crippen LogP contribution is -1.99. The van der Waals surface area contributed by atoms with Crippen molar-refractivity contribution in [3.63, 3.8) is 0 Å². The molecule has 5 aromatic rings. The van der Waals surface area contributed by atoms with E-state index in [2.05, 4.69) is 17.1 Å². The second-order valence-electron chi connectivity index (χ2n) is 7.50. The molecule has 0 aliphatic carbocycles. The maximum atomic E-state index is 6.01. The van der Waals surface area contributed by atoms with E-state index in [1.807, 2.05) is 60.0 Å². The van der Waals surface area contributed by atoms with Gasteiger partial charge in [-0.2, -0.15) is 9.61 Å². The molecule has 0 unspecified atom stereocenters. The van der Waals surface area contributed by atoms with Crippen LogP contribution in [-0.4, -0.2) is 29.8 Å². The van der Waals surface area contributed by atoms with Gasteiger partial charge in [0.2, 0.25) is 0 Å². The summed E-state index contributed by atoms with van der Waals surface area (Å²) in [7, 11) is 0. The van der Waals surface area contributed by atoms with Gasteiger partial charge in [-0.15, -0.1) is 5.10 Å². The number of para-hydroxylation sites is 1. The summed E-state index contributed by atoms with van der Waals surface area (Å²) in [6, 6.07) is 16.0. The van der Waals surface area contributed by atoms with Crippen LogP contribution in [0.4, 0.5) is 0 Å². The average Bonchev–Trinajstić information content (AvgIpc) is 3.35. The molecule has 1 N–H and O–H groups in total. The van der Waals surface area contributed by atoms with Gasteiger partial charge in [0.1, 0.15) is 0 Å². The molecule has 0 amide bonds. The number of aromatic nitrogens is 6. The number of nitrogens with one attached hydrogen (secondary N) is 1. The quantitative estimate of drug-likeness (QED) is 0.280. The third-order valence-corrected chi connectivity index (χ3v) is 6.61. The first-order chi connectivity index (χ1) is 15.1. The Kier molecular flexibility index (Phi) is 5.38. The van der Waals surface area contributed by atoms with Crippen LogP contribution in [0.2, 0.25) is 5.02 Å². The van der Waals surface area contributed by atoms with Crippen molar-refractivity contribution in [1.29, 1.82) is 0 Å². The fourth-order valence-corrected chi connectivity index (χ4v) is 4.71. The molecule has 0 aliphatic rings. The molecule has 3 aromatic heterocycles. The van der Waals surface area contributed by atoms with E-state index in [0.717, 1.165) is 62.5 Å². The lowest BCUT2D eigenvalue weighted by Gasteiger charge is -2.06. The number of aromatic amines is 1. The van der Waals surface area contributed by atoms with Crippen LogP contribution in [0, 0.1) is 13.8 Å². The van der Waals surface area contributed by atoms with Crippen molar-refractivity contribution in [2.45, 2.75) is 37.6 Å². The summed E-state index contributed by atoms with van der Waals surface area (Å²) in [5, 5.41) is 14.7. The Morgan fingerprint density at radius 2 is 1.81 bits per heavy atom. The predicted molar refractivity (Wildman–Crippen MR) is 125 cm³/mol. The first-order valence-electron chi connectivity index (χ1n) is 10.1. The van der Waals surface area contributed by atoms with Crippen LogP contribution in [-0.2, 0) is 18.6 Å². The van der Waals surface area contributed by atoms with Crippen molar-refractivity contribution < 1.29 is 0 Å². The molecule has 0 aliphatic heterocycles. The number of aryl methyl sites for hydroxylation is 3. The number of hydrogen-bond donors (Lipinski definition) is 1. The van der Waals surface area contributed by atoms with Crippen molar-refractivity contribution >= 4 is 39.9 Å². The normalized spacial score (nSPS) is 11.6. The van der Waals surface area contributed by atoms with E-state index >= 15 is 0 Å². The zero-order chi connectivity index (χ0) is 21.4. The minimum Gasteiger partial charge on any atom is -0.282 e. The van der Waals surface area contributed by atoms with E-state index in [4.69, 9.17) is 26.7 Å². The molecule has 0 radical (unpaired) electrons. The summed E-state index contributed by atoms with van der Waals surface area (Å²) in [5.41, 5.74) is 6.33. The van der Waals surface area contributed by atoms with Gasteiger partial charge >= 0.3 is 0 Å². The molecule has 0 atom stereocenters. The zero-order valence-electron chi connectivity index (χ0n) is 17.3. The van der Waals surface area contributed by atoms with Gasteiger partial charge in [-0.1, -0.05) is 47.6 Å². The molecule has 0 fully saturated rings. The summed E-state index contributed by atoms with van der Waals surface area (Å²) in [4.78, 5) is 9.75. The first kappa shape index (κ1) is 20.0. The van der Waals surface area contributed by atoms with Crippen LogP contribution < -0.4 is 0 Å². The topological polar surface area (TPSA) is 71.8 Å². The Labute approximate surface area is 189 Å². The summed E-state index contributed by atoms with van der Waals surface area (Å²) >= 11 is 7.66. The minimum absolute atomic E-state index is 0.740. The molecule has 6 nitrogen and oxygen atoms in total. The highest BCUT2D eigenvalue weighted by atomic mass is 35.5. The van der Waals surface area contributed by atoms with Crippen LogP contribution >= 0.6 is 23.4 Å². The van der Waals surface area contributed by atoms with Gasteiger partial charge in [-0.25, -0.2) is 9.97 Å². The number of H-pyrrole nitrogens is 1. The van der Waals surface area contributed by atoms with E-state index < -0.39 is 0 Å². The minimum atomic E-state index is 0.740. The highest BCUT2D eigenvalue weighted by Gasteiger charge is 2.15. The van der Waals surface area contributed by atoms with Crippen molar-refractivity contribution in [2.75, 3.05) is 0 Å². The lowest BCUT2D eigenvalue weighted by molar-refractivity contribution is 0.767. The van der Waals surface area contributed by atoms with Gasteiger partial charge in [-0.05, 0) is 55.7 Å². The zero-order valence-corrected chi connectivity index (χ0v) is 18.8. The average molecular weight is 449 g/mol. The fraction of sp³-hybridized carbons (Fsp3) is 0.217. The second kappa shape index (κ2) is 8.32. The largest absolute Gasteiger partial charge is 0.282 e. The summed E-state index contributed by atoms with van der Waals surface area (Å²) in [5.74, 6) is 1.59. The molecule has 31 heavy (non-hydrogen) atoms. The van der Waals surface area contributed by atoms with Gasteiger partial charge in [0, 0.05) is 28.3 Å². The molecule has 0 saturated carbocycles. The van der Waals surface area contributed by atoms with Crippen LogP contribution in [0.1, 0.15) is 28.3 Å². The third-order valence-electron chi connectivity index (χ3n) is 5.35. The van der Waals surface area contributed by atoms with Crippen LogP contribution in [0.25, 0.3) is 16.6 Å². The molecular formula is C23H21ClN6S. The molecule has 0 saturated heterocycles. The summed E-state index contributed by atoms with van der Waals surface area (Å²) in [6.45, 7) is 4.08. The SMILES string of the molecule is Cc1n[nH]c(C)c1CCc1nc2c3ccccc3nc(SCc3ccc(Cl)cc3)n2n1. The van der Waals surface area contributed by atoms with Gasteiger partial charge < -0.3 is 0 Å². The maximum Gasteiger partial charge on any atom is 0.191 e. The smallest absolute Gasteiger partial charge is 0.191 e. The second-order valence-corrected chi connectivity index (χ2v) is 8.88. The fourth-order valence-electron chi connectivity index (χ4n) is 3.68. The highest BCUT2D eigenvalue weighted by molar-refractivity contribution is 7.98. The van der Waals surface area contributed by atoms with Crippen molar-refractivity contribution in [3.8, 4) is 0 Å². The van der Waals surface area contributed by atoms with E-state index in [0.29, 0.717) is 0 Å². The van der Waals surface area contributed by atoms with E-state index in [-0.39, 0.29) is 0 Å². The number of fused-ring (bicyclic) bond motifs is 3. The maximum absolute atomic E-state index is 6.01. The van der Waals surface area contributed by atoms with Crippen LogP contribution in [0.3, 0.4) is 0 Å². The summed E-state index contributed by atoms with van der Waals surface area (Å²) < 4.78 is 1.88. The highest BCUT2D eigenvalue weighted by Crippen LogP contribution is 2.27. The standard InChI is InChI=1S/C23H21ClN6S/c1-14-18(15(2)28-27-14)11-12-21-26-22-19-5-3-4-6-20(19)25-23(30(22)29-21)31-13-16-7-9-17(24)10-8-16/h3-10H,11-13H2,1-2H3,(H,27,28). The van der Waals surface area contributed by atoms with E-state index in [9.17, 15) is 0 Å². The van der Waals surface area contributed by atoms with Gasteiger partial charge in [0.25, 0.3) is 0 Å². The van der Waals surface area contributed by atoms with Crippen LogP contribution in [0.5, 0.6) is 0 Å². The van der Waals surface area contributed by atoms with Crippen LogP contribution in [0.15, 0.2) is 53.7 Å². The molecule has 5 rings (SSSR count). The molecule has 0 bridgehead atoms. The number of benzene rings is 2. The number of rotatable bonds is 6. The van der Waals surface area contributed by atoms with E-state index in [1.54, 1.807) is 11.8 Å². The number of halogens is 1. The van der Waals surface area contributed by atoms with Crippen molar-refractivity contribution in [3.05, 3.63) is 81.9 Å². The number of nitrogens with zero attached hydrogens (tertiary/aromatic N) is 5. The molecule has 156 valence electrons. The Bertz CT molecular complexity index is 1350. The molecular weight excluding hydrogens is 428 g/mol. The number of hydrogen-bond acceptors (Lipinski definition) is 5. The molecule has 8 heteroatoms. The Hall–Kier alpha value is -2.90. The molecule has 3 heterocycles. The third kappa shape index (κ3) is 4.03. The molecule has 2 aromatic carbocycles. The predicted octanol–water partition coefficient (Wildman–Crippen LogP) is 5.35. The lowest BCUT2D eigenvalue weighted by atomic mass is 10.1. The van der Waals surface area contributed by atoms with Crippen molar-refractivity contribution in [1.82, 2.24) is 29.8 Å². The van der Waals surface area contributed by atoms with Gasteiger partial charge in [0.05, 0.1) is 11.2 Å². The number of thioether (sulfide) groups is 1. The monoisotopic (exact) mass is 448 g/mol. The van der Waals surface area contributed by atoms with E-state index in [1.165, 1.54) is 11.1 Å². The van der Waals surface area contributed by atoms with Gasteiger partial charge in [0.15, 0.2) is 16.6 Å². The Balaban J connectivity index is 1.49. The van der Waals surface area contributed by atoms with Gasteiger partial charge in [-0.3, -0.25) is 5.10 Å². The summed E-state index contributed by atoms with van der Waals surface area (Å²) in [6.07, 6.45) is 1.60.